The first-order valence-electron chi connectivity index (χ1n) is 11.0. The average molecular weight is 571 g/mol. The Kier molecular flexibility index (Phi) is 10.4. The van der Waals surface area contributed by atoms with Gasteiger partial charge in [0.25, 0.3) is 0 Å². The number of hydrogen-bond acceptors (Lipinski definition) is 3. The van der Waals surface area contributed by atoms with Crippen LogP contribution in [0.5, 0.6) is 0 Å². The minimum atomic E-state index is -3.38. The van der Waals surface area contributed by atoms with Gasteiger partial charge in [0.2, 0.25) is 10.0 Å². The van der Waals surface area contributed by atoms with E-state index in [-0.39, 0.29) is 35.8 Å². The fourth-order valence-corrected chi connectivity index (χ4v) is 5.49. The average Bonchev–Trinajstić information content (AvgIpc) is 3.21. The molecule has 2 aromatic carbocycles. The molecule has 0 aliphatic carbocycles. The van der Waals surface area contributed by atoms with E-state index in [9.17, 15) is 8.42 Å². The van der Waals surface area contributed by atoms with Crippen molar-refractivity contribution < 1.29 is 8.42 Å². The van der Waals surface area contributed by atoms with Crippen molar-refractivity contribution in [3.63, 3.8) is 0 Å². The highest BCUT2D eigenvalue weighted by Crippen LogP contribution is 2.27. The molecule has 1 aliphatic rings. The highest BCUT2D eigenvalue weighted by molar-refractivity contribution is 14.0. The van der Waals surface area contributed by atoms with Crippen molar-refractivity contribution in [1.29, 1.82) is 0 Å². The van der Waals surface area contributed by atoms with Gasteiger partial charge < -0.3 is 10.2 Å². The van der Waals surface area contributed by atoms with Gasteiger partial charge in [0.15, 0.2) is 5.96 Å². The van der Waals surface area contributed by atoms with Gasteiger partial charge in [-0.05, 0) is 43.9 Å². The molecule has 0 bridgehead atoms. The Morgan fingerprint density at radius 1 is 1.09 bits per heavy atom. The molecule has 176 valence electrons. The number of hydrogen-bond donors (Lipinski definition) is 2. The maximum absolute atomic E-state index is 12.4. The first-order chi connectivity index (χ1) is 14.9. The maximum atomic E-state index is 12.4. The Morgan fingerprint density at radius 3 is 2.41 bits per heavy atom. The Bertz CT molecular complexity index is 981. The second-order valence-corrected chi connectivity index (χ2v) is 10.1. The fraction of sp³-hybridized carbons (Fsp3) is 0.458. The van der Waals surface area contributed by atoms with Gasteiger partial charge in [0, 0.05) is 31.6 Å². The van der Waals surface area contributed by atoms with Crippen LogP contribution >= 0.6 is 24.0 Å². The van der Waals surface area contributed by atoms with E-state index in [2.05, 4.69) is 52.2 Å². The number of aliphatic imine (C=N–C) groups is 1. The summed E-state index contributed by atoms with van der Waals surface area (Å²) >= 11 is 0. The van der Waals surface area contributed by atoms with E-state index < -0.39 is 10.0 Å². The van der Waals surface area contributed by atoms with Crippen molar-refractivity contribution in [1.82, 2.24) is 14.9 Å². The highest BCUT2D eigenvalue weighted by atomic mass is 127. The normalized spacial score (nSPS) is 16.8. The molecule has 3 rings (SSSR count). The summed E-state index contributed by atoms with van der Waals surface area (Å²) in [6.07, 6.45) is 1.10. The van der Waals surface area contributed by atoms with Crippen molar-refractivity contribution >= 4 is 40.0 Å². The first-order valence-corrected chi connectivity index (χ1v) is 12.7. The lowest BCUT2D eigenvalue weighted by atomic mass is 9.99. The SMILES string of the molecule is CCNC(=NCc1ccccc1CS(=O)(=O)NC(C)C)N1CCC(c2ccccc2)C1.I. The van der Waals surface area contributed by atoms with E-state index in [1.165, 1.54) is 5.56 Å². The molecule has 1 heterocycles. The summed E-state index contributed by atoms with van der Waals surface area (Å²) in [5.74, 6) is 1.36. The van der Waals surface area contributed by atoms with Crippen LogP contribution in [-0.4, -0.2) is 45.0 Å². The topological polar surface area (TPSA) is 73.8 Å². The number of rotatable bonds is 8. The molecule has 1 unspecified atom stereocenters. The predicted octanol–water partition coefficient (Wildman–Crippen LogP) is 4.09. The molecule has 1 aliphatic heterocycles. The molecule has 0 amide bonds. The van der Waals surface area contributed by atoms with Crippen LogP contribution in [0.2, 0.25) is 0 Å². The van der Waals surface area contributed by atoms with Crippen LogP contribution in [-0.2, 0) is 22.3 Å². The maximum Gasteiger partial charge on any atom is 0.216 e. The van der Waals surface area contributed by atoms with Gasteiger partial charge in [0.05, 0.1) is 12.3 Å². The Morgan fingerprint density at radius 2 is 1.75 bits per heavy atom. The monoisotopic (exact) mass is 570 g/mol. The van der Waals surface area contributed by atoms with Crippen molar-refractivity contribution in [2.45, 2.75) is 51.4 Å². The van der Waals surface area contributed by atoms with Gasteiger partial charge in [-0.3, -0.25) is 0 Å². The van der Waals surface area contributed by atoms with Crippen LogP contribution in [0.3, 0.4) is 0 Å². The molecule has 0 radical (unpaired) electrons. The van der Waals surface area contributed by atoms with E-state index >= 15 is 0 Å². The van der Waals surface area contributed by atoms with E-state index in [0.29, 0.717) is 12.5 Å². The van der Waals surface area contributed by atoms with E-state index in [1.807, 2.05) is 38.1 Å². The third-order valence-corrected chi connectivity index (χ3v) is 6.89. The predicted molar refractivity (Wildman–Crippen MR) is 143 cm³/mol. The number of guanidine groups is 1. The van der Waals surface area contributed by atoms with E-state index in [1.54, 1.807) is 0 Å². The number of likely N-dealkylation sites (tertiary alicyclic amines) is 1. The van der Waals surface area contributed by atoms with Crippen LogP contribution in [0.1, 0.15) is 49.8 Å². The quantitative estimate of drug-likeness (QED) is 0.285. The molecule has 2 N–H and O–H groups in total. The third-order valence-electron chi connectivity index (χ3n) is 5.37. The van der Waals surface area contributed by atoms with Crippen molar-refractivity contribution in [2.75, 3.05) is 19.6 Å². The van der Waals surface area contributed by atoms with Crippen molar-refractivity contribution in [3.8, 4) is 0 Å². The van der Waals surface area contributed by atoms with E-state index in [4.69, 9.17) is 4.99 Å². The fourth-order valence-electron chi connectivity index (χ4n) is 3.99. The molecule has 1 saturated heterocycles. The summed E-state index contributed by atoms with van der Waals surface area (Å²) in [6.45, 7) is 8.86. The second-order valence-electron chi connectivity index (χ2n) is 8.31. The van der Waals surface area contributed by atoms with E-state index in [0.717, 1.165) is 43.1 Å². The van der Waals surface area contributed by atoms with Crippen molar-refractivity contribution in [3.05, 3.63) is 71.3 Å². The Labute approximate surface area is 210 Å². The van der Waals surface area contributed by atoms with Gasteiger partial charge in [0.1, 0.15) is 0 Å². The molecule has 1 atom stereocenters. The molecule has 0 spiro atoms. The number of nitrogens with one attached hydrogen (secondary N) is 2. The molecule has 0 aromatic heterocycles. The zero-order valence-electron chi connectivity index (χ0n) is 19.1. The van der Waals surface area contributed by atoms with Crippen LogP contribution in [0, 0.1) is 0 Å². The summed E-state index contributed by atoms with van der Waals surface area (Å²) in [7, 11) is -3.38. The van der Waals surface area contributed by atoms with Gasteiger partial charge in [-0.2, -0.15) is 0 Å². The van der Waals surface area contributed by atoms with Crippen molar-refractivity contribution in [2.24, 2.45) is 4.99 Å². The van der Waals surface area contributed by atoms with Gasteiger partial charge >= 0.3 is 0 Å². The smallest absolute Gasteiger partial charge is 0.216 e. The van der Waals surface area contributed by atoms with Gasteiger partial charge in [-0.1, -0.05) is 54.6 Å². The molecule has 0 saturated carbocycles. The standard InChI is InChI=1S/C24H34N4O2S.HI/c1-4-25-24(28-15-14-22(17-28)20-10-6-5-7-11-20)26-16-21-12-8-9-13-23(21)18-31(29,30)27-19(2)3;/h5-13,19,22,27H,4,14-18H2,1-3H3,(H,25,26);1H. The van der Waals surface area contributed by atoms with Crippen LogP contribution < -0.4 is 10.0 Å². The number of sulfonamides is 1. The summed E-state index contributed by atoms with van der Waals surface area (Å²) in [6, 6.07) is 18.2. The second kappa shape index (κ2) is 12.6. The molecular formula is C24H35IN4O2S. The first kappa shape index (κ1) is 26.6. The van der Waals surface area contributed by atoms with Gasteiger partial charge in [-0.25, -0.2) is 18.1 Å². The number of halogens is 1. The Balaban J connectivity index is 0.00000363. The highest BCUT2D eigenvalue weighted by Gasteiger charge is 2.26. The summed E-state index contributed by atoms with van der Waals surface area (Å²) in [4.78, 5) is 7.17. The molecule has 32 heavy (non-hydrogen) atoms. The lowest BCUT2D eigenvalue weighted by molar-refractivity contribution is 0.486. The van der Waals surface area contributed by atoms with Crippen LogP contribution in [0.4, 0.5) is 0 Å². The third kappa shape index (κ3) is 7.74. The molecular weight excluding hydrogens is 535 g/mol. The summed E-state index contributed by atoms with van der Waals surface area (Å²) < 4.78 is 27.5. The zero-order chi connectivity index (χ0) is 22.3. The largest absolute Gasteiger partial charge is 0.357 e. The van der Waals surface area contributed by atoms with Gasteiger partial charge in [-0.15, -0.1) is 24.0 Å². The minimum Gasteiger partial charge on any atom is -0.357 e. The molecule has 1 fully saturated rings. The lowest BCUT2D eigenvalue weighted by Crippen LogP contribution is -2.40. The minimum absolute atomic E-state index is 0. The number of benzene rings is 2. The Hall–Kier alpha value is -1.65. The lowest BCUT2D eigenvalue weighted by Gasteiger charge is -2.22. The van der Waals surface area contributed by atoms with Crippen LogP contribution in [0.25, 0.3) is 0 Å². The zero-order valence-corrected chi connectivity index (χ0v) is 22.3. The molecule has 8 heteroatoms. The van der Waals surface area contributed by atoms with Crippen LogP contribution in [0.15, 0.2) is 59.6 Å². The molecule has 6 nitrogen and oxygen atoms in total. The number of nitrogens with zero attached hydrogens (tertiary/aromatic N) is 2. The summed E-state index contributed by atoms with van der Waals surface area (Å²) in [5, 5.41) is 3.41. The molecule has 2 aromatic rings. The summed E-state index contributed by atoms with van der Waals surface area (Å²) in [5.41, 5.74) is 3.10.